The molecule has 1 amide bonds. The number of nitriles is 2. The number of hydrazine groups is 2. The molecule has 0 spiro atoms. The van der Waals surface area contributed by atoms with Crippen LogP contribution < -0.4 is 45.5 Å². The van der Waals surface area contributed by atoms with E-state index in [2.05, 4.69) is 102 Å². The minimum atomic E-state index is -4.33. The van der Waals surface area contributed by atoms with Crippen LogP contribution in [0.15, 0.2) is 122 Å². The van der Waals surface area contributed by atoms with Crippen molar-refractivity contribution in [3.05, 3.63) is 178 Å². The number of nitrogens with two attached hydrogens (primary N) is 3. The van der Waals surface area contributed by atoms with Gasteiger partial charge in [-0.15, -0.1) is 0 Å². The number of halogens is 13. The van der Waals surface area contributed by atoms with Crippen molar-refractivity contribution in [2.24, 2.45) is 17.3 Å². The van der Waals surface area contributed by atoms with Gasteiger partial charge in [0.1, 0.15) is 57.7 Å². The Morgan fingerprint density at radius 1 is 0.671 bits per heavy atom. The third-order valence-corrected chi connectivity index (χ3v) is 10.4. The molecule has 2 unspecified atom stereocenters. The second-order valence-electron chi connectivity index (χ2n) is 15.0. The number of nitrogens with zero attached hydrogens (tertiary/aromatic N) is 6. The molecule has 0 aliphatic carbocycles. The largest absolute Gasteiger partial charge is 0.456 e. The summed E-state index contributed by atoms with van der Waals surface area (Å²) >= 11 is 19.0. The smallest absolute Gasteiger partial charge is 0.323 e. The molecule has 0 radical (unpaired) electrons. The first-order valence-corrected chi connectivity index (χ1v) is 40.0. The van der Waals surface area contributed by atoms with Gasteiger partial charge in [-0.1, -0.05) is 0 Å². The maximum absolute atomic E-state index is 15.9. The molecule has 2 aromatic heterocycles. The van der Waals surface area contributed by atoms with Gasteiger partial charge in [-0.2, -0.15) is 28.1 Å². The van der Waals surface area contributed by atoms with E-state index in [1.54, 1.807) is 0 Å². The Bertz CT molecular complexity index is 3030. The van der Waals surface area contributed by atoms with Crippen LogP contribution in [-0.2, 0) is 27.8 Å². The molecule has 30 heteroatoms. The first-order chi connectivity index (χ1) is 35.8. The minimum absolute atomic E-state index is 0.0452. The van der Waals surface area contributed by atoms with E-state index in [4.69, 9.17) is 49.5 Å². The number of ether oxygens (including phenoxy) is 2. The number of thiocarbonyl (C=S) groups is 2. The quantitative estimate of drug-likeness (QED) is 0.0202. The first-order valence-electron chi connectivity index (χ1n) is 20.3. The van der Waals surface area contributed by atoms with E-state index in [9.17, 15) is 32.6 Å². The molecule has 2 atom stereocenters. The van der Waals surface area contributed by atoms with Crippen molar-refractivity contribution in [1.82, 2.24) is 25.4 Å². The van der Waals surface area contributed by atoms with Crippen molar-refractivity contribution in [1.29, 1.82) is 10.5 Å². The monoisotopic (exact) mass is 1660 g/mol. The van der Waals surface area contributed by atoms with E-state index in [0.29, 0.717) is 82.3 Å². The Hall–Kier alpha value is -4.42. The van der Waals surface area contributed by atoms with Gasteiger partial charge in [-0.05, 0) is 121 Å². The zero-order chi connectivity index (χ0) is 57.2. The van der Waals surface area contributed by atoms with Crippen molar-refractivity contribution in [3.63, 3.8) is 0 Å². The van der Waals surface area contributed by atoms with Crippen molar-refractivity contribution >= 4 is 115 Å². The molecule has 0 saturated heterocycles. The first kappa shape index (κ1) is 65.9. The van der Waals surface area contributed by atoms with Crippen LogP contribution in [0.4, 0.5) is 35.1 Å². The van der Waals surface area contributed by atoms with Crippen molar-refractivity contribution in [2.45, 2.75) is 30.0 Å². The molecule has 404 valence electrons. The molecule has 4 aromatic carbocycles. The van der Waals surface area contributed by atoms with Gasteiger partial charge in [-0.25, -0.2) is 23.4 Å². The summed E-state index contributed by atoms with van der Waals surface area (Å²) in [5, 5.41) is 39.9. The number of aliphatic hydroxyl groups is 2. The van der Waals surface area contributed by atoms with E-state index >= 15 is 17.6 Å². The molecule has 15 nitrogen and oxygen atoms in total. The minimum Gasteiger partial charge on any atom is -0.456 e. The molecule has 0 aliphatic heterocycles. The number of benzene rings is 4. The van der Waals surface area contributed by atoms with Crippen molar-refractivity contribution in [3.8, 4) is 35.1 Å². The number of hydrogen-bond donors (Lipinski definition) is 6. The Morgan fingerprint density at radius 3 is 1.32 bits per heavy atom. The molecule has 0 saturated carbocycles. The van der Waals surface area contributed by atoms with Crippen LogP contribution in [0.3, 0.4) is 0 Å². The van der Waals surface area contributed by atoms with Crippen molar-refractivity contribution < 1.29 is 72.9 Å². The number of carbonyl (C=O) groups excluding carboxylic acids is 1. The topological polar surface area (TPSA) is 246 Å². The van der Waals surface area contributed by atoms with E-state index in [-0.39, 0.29) is 11.5 Å². The molecular weight excluding hydrogens is 1620 g/mol. The number of alkyl halides is 4. The summed E-state index contributed by atoms with van der Waals surface area (Å²) < 4.78 is 130. The summed E-state index contributed by atoms with van der Waals surface area (Å²) in [4.78, 5) is 18.9. The maximum atomic E-state index is 15.9. The summed E-state index contributed by atoms with van der Waals surface area (Å²) in [6, 6.07) is 23.2. The van der Waals surface area contributed by atoms with E-state index in [1.807, 2.05) is 12.1 Å². The molecule has 0 aliphatic rings. The van der Waals surface area contributed by atoms with Crippen LogP contribution in [-0.4, -0.2) is 59.4 Å². The number of pyridine rings is 2. The van der Waals surface area contributed by atoms with Crippen molar-refractivity contribution in [2.75, 3.05) is 13.1 Å². The van der Waals surface area contributed by atoms with Gasteiger partial charge < -0.3 is 31.2 Å². The number of rotatable bonds is 14. The molecule has 2 heterocycles. The van der Waals surface area contributed by atoms with Crippen LogP contribution in [0.25, 0.3) is 0 Å². The van der Waals surface area contributed by atoms with Crippen LogP contribution in [0.1, 0.15) is 40.6 Å². The predicted molar refractivity (Wildman–Crippen MR) is 300 cm³/mol. The van der Waals surface area contributed by atoms with E-state index in [0.717, 1.165) is 43.6 Å². The van der Waals surface area contributed by atoms with Gasteiger partial charge in [-0.3, -0.25) is 30.2 Å². The number of hydrogen-bond acceptors (Lipinski definition) is 12. The van der Waals surface area contributed by atoms with Gasteiger partial charge in [0.05, 0.1) is 48.7 Å². The SMILES string of the molecule is CC(=O)NN(CC(O)(c1ccc(F)cc1F)C(F)(F)c1ccc(Oc2ccc(C#N)cc2)cn1)C(N)=S.II.I[I-]I.N#Cc1ccc(Oc2ccc(C(F)(F)C(O)(CN(N)C(N)=S)c3ccc(F)cc3F)nc2)cc1. The Morgan fingerprint density at radius 2 is 1.03 bits per heavy atom. The van der Waals surface area contributed by atoms with Crippen LogP contribution in [0.5, 0.6) is 23.0 Å². The second-order valence-corrected chi connectivity index (χ2v) is 32.0. The Kier molecular flexibility index (Phi) is 26.1. The Balaban J connectivity index is 0.000000370. The average molecular weight is 1660 g/mol. The Labute approximate surface area is 492 Å². The van der Waals surface area contributed by atoms with Crippen LogP contribution in [0.2, 0.25) is 0 Å². The normalized spacial score (nSPS) is 12.3. The third kappa shape index (κ3) is 17.3. The summed E-state index contributed by atoms with van der Waals surface area (Å²) in [5.74, 6) is -8.08. The van der Waals surface area contributed by atoms with Crippen LogP contribution >= 0.6 is 98.9 Å². The van der Waals surface area contributed by atoms with Gasteiger partial charge in [0, 0.05) is 67.4 Å². The predicted octanol–water partition coefficient (Wildman–Crippen LogP) is 7.57. The molecule has 6 rings (SSSR count). The number of carbonyl (C=O) groups is 1. The van der Waals surface area contributed by atoms with Gasteiger partial charge in [0.2, 0.25) is 5.91 Å². The van der Waals surface area contributed by atoms with Gasteiger partial charge in [0.15, 0.2) is 21.4 Å². The molecule has 9 N–H and O–H groups in total. The zero-order valence-corrected chi connectivity index (χ0v) is 50.6. The number of amides is 1. The average Bonchev–Trinajstić information content (AvgIpc) is 3.37. The summed E-state index contributed by atoms with van der Waals surface area (Å²) in [6.07, 6.45) is 1.92. The zero-order valence-electron chi connectivity index (χ0n) is 38.2. The fourth-order valence-electron chi connectivity index (χ4n) is 6.42. The molecule has 76 heavy (non-hydrogen) atoms. The molecule has 0 bridgehead atoms. The van der Waals surface area contributed by atoms with Gasteiger partial charge >= 0.3 is 62.3 Å². The fraction of sp³-hybridized carbons (Fsp3) is 0.152. The summed E-state index contributed by atoms with van der Waals surface area (Å²) in [6.45, 7) is -1.32. The summed E-state index contributed by atoms with van der Waals surface area (Å²) in [7, 11) is 0. The van der Waals surface area contributed by atoms with E-state index in [1.165, 1.54) is 48.5 Å². The standard InChI is InChI=1S/C24H19F4N5O3S.C22H17F4N5O2S.I3.I2/c1-14(34)32-33(22(30)37)13-23(35,19-8-4-16(25)10-20(19)26)24(27,28)21-9-7-18(12-31-21)36-17-5-2-15(11-29)3-6-17;23-14-3-7-17(18(24)9-14)21(32,12-31(29)20(28)34)22(25,26)19-8-6-16(11-30-19)33-15-4-1-13(10-27)2-5-15;1-3-2;1-2/h2-10,12,35H,13H2,1H3,(H2,30,37)(H,32,34);1-9,11,32H,12,29H2,(H2,28,34);;/q;;-1;. The van der Waals surface area contributed by atoms with Crippen LogP contribution in [0, 0.1) is 45.9 Å². The number of nitrogens with one attached hydrogen (secondary N) is 1. The van der Waals surface area contributed by atoms with E-state index < -0.39 is 98.1 Å². The fourth-order valence-corrected chi connectivity index (χ4v) is 6.59. The van der Waals surface area contributed by atoms with Gasteiger partial charge in [0.25, 0.3) is 0 Å². The third-order valence-electron chi connectivity index (χ3n) is 9.97. The number of aromatic nitrogens is 2. The summed E-state index contributed by atoms with van der Waals surface area (Å²) in [5.41, 5.74) is 3.05. The molecule has 0 fully saturated rings. The second kappa shape index (κ2) is 30.1. The molecular formula is C46H36F8I5N10O5S2-. The molecule has 6 aromatic rings. The maximum Gasteiger partial charge on any atom is 0.323 e.